The van der Waals surface area contributed by atoms with Crippen LogP contribution >= 0.6 is 23.1 Å². The third-order valence-electron chi connectivity index (χ3n) is 7.41. The fourth-order valence-corrected chi connectivity index (χ4v) is 7.27. The zero-order valence-corrected chi connectivity index (χ0v) is 26.4. The van der Waals surface area contributed by atoms with E-state index in [2.05, 4.69) is 10.2 Å². The van der Waals surface area contributed by atoms with Crippen LogP contribution in [0.5, 0.6) is 17.2 Å². The van der Waals surface area contributed by atoms with E-state index >= 15 is 0 Å². The highest BCUT2D eigenvalue weighted by Gasteiger charge is 2.48. The molecule has 0 spiro atoms. The monoisotopic (exact) mass is 647 g/mol. The highest BCUT2D eigenvalue weighted by Crippen LogP contribution is 2.46. The number of carbonyl (C=O) groups is 2. The quantitative estimate of drug-likeness (QED) is 0.0660. The zero-order valence-electron chi connectivity index (χ0n) is 24.8. The van der Waals surface area contributed by atoms with E-state index in [-0.39, 0.29) is 28.4 Å². The van der Waals surface area contributed by atoms with Crippen molar-refractivity contribution in [2.75, 3.05) is 18.1 Å². The molecule has 1 fully saturated rings. The van der Waals surface area contributed by atoms with Crippen LogP contribution in [0.25, 0.3) is 5.76 Å². The van der Waals surface area contributed by atoms with Gasteiger partial charge in [0.05, 0.1) is 24.8 Å². The normalized spacial score (nSPS) is 18.6. The van der Waals surface area contributed by atoms with Crippen LogP contribution in [-0.2, 0) is 21.8 Å². The maximum Gasteiger partial charge on any atom is 0.301 e. The van der Waals surface area contributed by atoms with Gasteiger partial charge in [0.1, 0.15) is 23.4 Å². The molecule has 2 aliphatic heterocycles. The maximum atomic E-state index is 14.2. The molecule has 12 heteroatoms. The minimum atomic E-state index is -1.04. The molecule has 2 aliphatic rings. The average molecular weight is 648 g/mol. The number of ether oxygens (including phenoxy) is 3. The lowest BCUT2D eigenvalue weighted by molar-refractivity contribution is -0.132. The lowest BCUT2D eigenvalue weighted by Crippen LogP contribution is -2.29. The molecule has 1 amide bonds. The fraction of sp³-hybridized carbons (Fsp3) is 0.273. The Morgan fingerprint density at radius 1 is 1.07 bits per heavy atom. The highest BCUT2D eigenvalue weighted by atomic mass is 32.2. The van der Waals surface area contributed by atoms with E-state index in [0.29, 0.717) is 57.9 Å². The molecule has 3 heterocycles. The molecule has 4 aromatic rings. The van der Waals surface area contributed by atoms with Crippen molar-refractivity contribution in [3.05, 3.63) is 94.3 Å². The van der Waals surface area contributed by atoms with Gasteiger partial charge in [-0.3, -0.25) is 14.5 Å². The van der Waals surface area contributed by atoms with Crippen LogP contribution in [-0.4, -0.2) is 46.3 Å². The number of aliphatic hydroxyl groups excluding tert-OH is 1. The van der Waals surface area contributed by atoms with Gasteiger partial charge >= 0.3 is 5.91 Å². The molecule has 232 valence electrons. The number of benzene rings is 3. The van der Waals surface area contributed by atoms with Crippen molar-refractivity contribution >= 4 is 45.7 Å². The minimum absolute atomic E-state index is 0.00771. The van der Waals surface area contributed by atoms with E-state index in [9.17, 15) is 19.1 Å². The third-order valence-corrected chi connectivity index (χ3v) is 9.51. The second-order valence-corrected chi connectivity index (χ2v) is 12.6. The molecule has 9 nitrogen and oxygen atoms in total. The first-order chi connectivity index (χ1) is 21.8. The fourth-order valence-electron chi connectivity index (χ4n) is 5.42. The van der Waals surface area contributed by atoms with Crippen LogP contribution in [0.3, 0.4) is 0 Å². The number of anilines is 1. The van der Waals surface area contributed by atoms with Gasteiger partial charge in [0.15, 0.2) is 15.8 Å². The van der Waals surface area contributed by atoms with E-state index in [0.717, 1.165) is 22.6 Å². The van der Waals surface area contributed by atoms with Crippen LogP contribution in [0.2, 0.25) is 0 Å². The van der Waals surface area contributed by atoms with Crippen LogP contribution < -0.4 is 19.1 Å². The molecule has 6 rings (SSSR count). The number of halogens is 1. The smallest absolute Gasteiger partial charge is 0.301 e. The molecule has 0 bridgehead atoms. The molecule has 0 saturated carbocycles. The highest BCUT2D eigenvalue weighted by molar-refractivity contribution is 8.00. The number of hydrogen-bond acceptors (Lipinski definition) is 10. The second-order valence-electron chi connectivity index (χ2n) is 10.4. The summed E-state index contributed by atoms with van der Waals surface area (Å²) in [7, 11) is 0. The van der Waals surface area contributed by atoms with Crippen molar-refractivity contribution in [2.45, 2.75) is 49.4 Å². The Hall–Kier alpha value is -4.42. The van der Waals surface area contributed by atoms with Crippen LogP contribution in [0, 0.1) is 5.82 Å². The van der Waals surface area contributed by atoms with E-state index < -0.39 is 17.7 Å². The SMILES string of the molecule is CCOc1ccc([C@H]2C(=C(O)c3ccc4c(c3)C[C@@H](C)O4)C(=O)C(=O)N2c2nnc(SCc3ccccc3F)s2)cc1OCC. The Kier molecular flexibility index (Phi) is 8.77. The summed E-state index contributed by atoms with van der Waals surface area (Å²) < 4.78 is 32.1. The molecule has 0 aliphatic carbocycles. The minimum Gasteiger partial charge on any atom is -0.507 e. The molecule has 0 radical (unpaired) electrons. The van der Waals surface area contributed by atoms with Crippen molar-refractivity contribution in [3.8, 4) is 17.2 Å². The number of thioether (sulfide) groups is 1. The van der Waals surface area contributed by atoms with Crippen LogP contribution in [0.15, 0.2) is 70.6 Å². The number of rotatable bonds is 10. The van der Waals surface area contributed by atoms with Gasteiger partial charge in [-0.05, 0) is 73.9 Å². The molecular formula is C33H30FN3O6S2. The van der Waals surface area contributed by atoms with Gasteiger partial charge in [-0.25, -0.2) is 4.39 Å². The first kappa shape index (κ1) is 30.6. The standard InChI is InChI=1S/C33H30FN3O6S2/c1-4-41-25-13-10-19(16-26(25)42-5-2)28-27(29(38)20-11-12-24-22(15-20)14-18(3)43-24)30(39)31(40)37(28)32-35-36-33(45-32)44-17-21-8-6-7-9-23(21)34/h6-13,15-16,18,28,38H,4-5,14,17H2,1-3H3/t18-,28+/m1/s1. The second kappa shape index (κ2) is 12.9. The van der Waals surface area contributed by atoms with Gasteiger partial charge in [0, 0.05) is 17.7 Å². The summed E-state index contributed by atoms with van der Waals surface area (Å²) >= 11 is 2.38. The van der Waals surface area contributed by atoms with Crippen LogP contribution in [0.4, 0.5) is 9.52 Å². The number of fused-ring (bicyclic) bond motifs is 1. The maximum absolute atomic E-state index is 14.2. The van der Waals surface area contributed by atoms with Crippen molar-refractivity contribution < 1.29 is 33.3 Å². The molecule has 0 unspecified atom stereocenters. The van der Waals surface area contributed by atoms with Crippen molar-refractivity contribution in [1.82, 2.24) is 10.2 Å². The van der Waals surface area contributed by atoms with E-state index in [4.69, 9.17) is 14.2 Å². The number of hydrogen-bond donors (Lipinski definition) is 1. The van der Waals surface area contributed by atoms with E-state index in [1.807, 2.05) is 20.8 Å². The van der Waals surface area contributed by atoms with Gasteiger partial charge in [0.2, 0.25) is 5.13 Å². The average Bonchev–Trinajstić information content (AvgIpc) is 3.72. The van der Waals surface area contributed by atoms with Crippen molar-refractivity contribution in [2.24, 2.45) is 0 Å². The Morgan fingerprint density at radius 2 is 1.84 bits per heavy atom. The van der Waals surface area contributed by atoms with Gasteiger partial charge in [0.25, 0.3) is 5.78 Å². The summed E-state index contributed by atoms with van der Waals surface area (Å²) in [4.78, 5) is 28.7. The summed E-state index contributed by atoms with van der Waals surface area (Å²) in [5.74, 6) is -0.375. The predicted molar refractivity (Wildman–Crippen MR) is 170 cm³/mol. The summed E-state index contributed by atoms with van der Waals surface area (Å²) in [6, 6.07) is 15.8. The number of amides is 1. The Bertz CT molecular complexity index is 1810. The Balaban J connectivity index is 1.43. The molecular weight excluding hydrogens is 618 g/mol. The lowest BCUT2D eigenvalue weighted by Gasteiger charge is -2.23. The summed E-state index contributed by atoms with van der Waals surface area (Å²) in [6.07, 6.45) is 0.648. The predicted octanol–water partition coefficient (Wildman–Crippen LogP) is 6.72. The Morgan fingerprint density at radius 3 is 2.62 bits per heavy atom. The molecule has 1 saturated heterocycles. The number of nitrogens with zero attached hydrogens (tertiary/aromatic N) is 3. The molecule has 1 aromatic heterocycles. The largest absolute Gasteiger partial charge is 0.507 e. The number of carbonyl (C=O) groups excluding carboxylic acids is 2. The van der Waals surface area contributed by atoms with Crippen LogP contribution in [0.1, 0.15) is 49.1 Å². The number of Topliss-reactive ketones (excluding diaryl/α,β-unsaturated/α-hetero) is 1. The first-order valence-corrected chi connectivity index (χ1v) is 16.3. The summed E-state index contributed by atoms with van der Waals surface area (Å²) in [6.45, 7) is 6.43. The Labute approximate surface area is 267 Å². The molecule has 1 N–H and O–H groups in total. The van der Waals surface area contributed by atoms with E-state index in [1.54, 1.807) is 54.6 Å². The molecule has 45 heavy (non-hydrogen) atoms. The molecule has 2 atom stereocenters. The van der Waals surface area contributed by atoms with Gasteiger partial charge in [-0.15, -0.1) is 10.2 Å². The third kappa shape index (κ3) is 5.99. The lowest BCUT2D eigenvalue weighted by atomic mass is 9.94. The summed E-state index contributed by atoms with van der Waals surface area (Å²) in [5, 5.41) is 20.3. The number of aliphatic hydroxyl groups is 1. The topological polar surface area (TPSA) is 111 Å². The summed E-state index contributed by atoms with van der Waals surface area (Å²) in [5.41, 5.74) is 2.22. The van der Waals surface area contributed by atoms with Crippen molar-refractivity contribution in [3.63, 3.8) is 0 Å². The van der Waals surface area contributed by atoms with E-state index in [1.165, 1.54) is 22.7 Å². The van der Waals surface area contributed by atoms with Gasteiger partial charge in [-0.2, -0.15) is 0 Å². The number of aromatic nitrogens is 2. The zero-order chi connectivity index (χ0) is 31.7. The van der Waals surface area contributed by atoms with Gasteiger partial charge in [-0.1, -0.05) is 47.4 Å². The number of ketones is 1. The van der Waals surface area contributed by atoms with Gasteiger partial charge < -0.3 is 19.3 Å². The van der Waals surface area contributed by atoms with Crippen molar-refractivity contribution in [1.29, 1.82) is 0 Å². The first-order valence-electron chi connectivity index (χ1n) is 14.5. The molecule has 3 aromatic carbocycles.